The molecule has 42 heavy (non-hydrogen) atoms. The van der Waals surface area contributed by atoms with Crippen molar-refractivity contribution in [1.82, 2.24) is 0 Å². The smallest absolute Gasteiger partial charge is 0.305 e. The number of hydrogen-bond acceptors (Lipinski definition) is 6. The predicted octanol–water partition coefficient (Wildman–Crippen LogP) is 8.45. The topological polar surface area (TPSA) is 63.2 Å². The van der Waals surface area contributed by atoms with Crippen LogP contribution in [0.3, 0.4) is 0 Å². The van der Waals surface area contributed by atoms with Crippen molar-refractivity contribution in [2.75, 3.05) is 20.3 Å². The minimum absolute atomic E-state index is 0.0511. The van der Waals surface area contributed by atoms with Crippen LogP contribution in [0.1, 0.15) is 117 Å². The third-order valence-corrected chi connectivity index (χ3v) is 9.66. The van der Waals surface area contributed by atoms with Crippen LogP contribution in [0, 0.1) is 23.7 Å². The Morgan fingerprint density at radius 1 is 1.02 bits per heavy atom. The Balaban J connectivity index is 1.43. The molecule has 8 atom stereocenters. The van der Waals surface area contributed by atoms with E-state index in [1.165, 1.54) is 31.9 Å². The summed E-state index contributed by atoms with van der Waals surface area (Å²) in [7, 11) is 1.46. The van der Waals surface area contributed by atoms with Crippen LogP contribution in [-0.2, 0) is 28.5 Å². The first-order valence-electron chi connectivity index (χ1n) is 17.0. The lowest BCUT2D eigenvalue weighted by Gasteiger charge is -2.30. The van der Waals surface area contributed by atoms with Crippen LogP contribution in [0.2, 0.25) is 0 Å². The molecular weight excluding hydrogens is 528 g/mol. The summed E-state index contributed by atoms with van der Waals surface area (Å²) < 4.78 is 30.1. The van der Waals surface area contributed by atoms with Gasteiger partial charge in [0.2, 0.25) is 0 Å². The Morgan fingerprint density at radius 2 is 1.79 bits per heavy atom. The first-order valence-corrected chi connectivity index (χ1v) is 17.0. The maximum absolute atomic E-state index is 11.5. The first-order chi connectivity index (χ1) is 20.4. The lowest BCUT2D eigenvalue weighted by molar-refractivity contribution is -0.193. The van der Waals surface area contributed by atoms with E-state index in [-0.39, 0.29) is 30.8 Å². The fourth-order valence-electron chi connectivity index (χ4n) is 7.34. The number of rotatable bonds is 15. The number of esters is 1. The molecular formula is C36H58O6. The van der Waals surface area contributed by atoms with Gasteiger partial charge in [0.1, 0.15) is 0 Å². The molecule has 6 heteroatoms. The van der Waals surface area contributed by atoms with Gasteiger partial charge in [-0.05, 0) is 121 Å². The van der Waals surface area contributed by atoms with Gasteiger partial charge in [0.05, 0.1) is 19.3 Å². The van der Waals surface area contributed by atoms with Gasteiger partial charge in [-0.15, -0.1) is 0 Å². The minimum atomic E-state index is -0.117. The zero-order valence-electron chi connectivity index (χ0n) is 26.9. The second-order valence-corrected chi connectivity index (χ2v) is 13.5. The third kappa shape index (κ3) is 10.9. The molecule has 2 saturated carbocycles. The lowest BCUT2D eigenvalue weighted by atomic mass is 9.89. The largest absolute Gasteiger partial charge is 0.469 e. The van der Waals surface area contributed by atoms with E-state index in [0.717, 1.165) is 83.8 Å². The maximum atomic E-state index is 11.5. The molecule has 6 nitrogen and oxygen atoms in total. The average molecular weight is 587 g/mol. The SMILES string of the molecule is COC(=O)CCC/C=C1\C[C@H]2C[C@@H](OC3CCCCO3)[C@@H](/C=C\[C@H](C[C@H](C)CCC=C(C)C)OC3CCCCO3)[C@H]2C1. The van der Waals surface area contributed by atoms with E-state index in [1.807, 2.05) is 0 Å². The molecule has 2 unspecified atom stereocenters. The fourth-order valence-corrected chi connectivity index (χ4v) is 7.34. The summed E-state index contributed by atoms with van der Waals surface area (Å²) in [5, 5.41) is 0. The second-order valence-electron chi connectivity index (χ2n) is 13.5. The van der Waals surface area contributed by atoms with Crippen molar-refractivity contribution >= 4 is 5.97 Å². The molecule has 0 spiro atoms. The average Bonchev–Trinajstić information content (AvgIpc) is 3.51. The van der Waals surface area contributed by atoms with Crippen molar-refractivity contribution in [3.05, 3.63) is 35.5 Å². The number of fused-ring (bicyclic) bond motifs is 1. The van der Waals surface area contributed by atoms with Crippen molar-refractivity contribution in [1.29, 1.82) is 0 Å². The normalized spacial score (nSPS) is 32.1. The summed E-state index contributed by atoms with van der Waals surface area (Å²) in [5.41, 5.74) is 2.94. The van der Waals surface area contributed by atoms with E-state index in [1.54, 1.807) is 5.57 Å². The summed E-state index contributed by atoms with van der Waals surface area (Å²) in [6.07, 6.45) is 25.2. The third-order valence-electron chi connectivity index (χ3n) is 9.66. The molecule has 0 radical (unpaired) electrons. The molecule has 2 aliphatic heterocycles. The van der Waals surface area contributed by atoms with Crippen LogP contribution < -0.4 is 0 Å². The van der Waals surface area contributed by atoms with Crippen LogP contribution in [0.15, 0.2) is 35.5 Å². The van der Waals surface area contributed by atoms with Gasteiger partial charge in [0, 0.05) is 25.6 Å². The lowest BCUT2D eigenvalue weighted by Crippen LogP contribution is -2.31. The van der Waals surface area contributed by atoms with E-state index >= 15 is 0 Å². The van der Waals surface area contributed by atoms with Crippen LogP contribution in [0.4, 0.5) is 0 Å². The zero-order valence-corrected chi connectivity index (χ0v) is 26.9. The number of allylic oxidation sites excluding steroid dienone is 4. The molecule has 2 heterocycles. The minimum Gasteiger partial charge on any atom is -0.469 e. The van der Waals surface area contributed by atoms with Crippen LogP contribution in [-0.4, -0.2) is 51.1 Å². The van der Waals surface area contributed by atoms with Gasteiger partial charge in [0.15, 0.2) is 12.6 Å². The summed E-state index contributed by atoms with van der Waals surface area (Å²) in [4.78, 5) is 11.5. The number of methoxy groups -OCH3 is 1. The van der Waals surface area contributed by atoms with Crippen LogP contribution in [0.5, 0.6) is 0 Å². The molecule has 0 bridgehead atoms. The highest BCUT2D eigenvalue weighted by Crippen LogP contribution is 2.52. The van der Waals surface area contributed by atoms with Crippen molar-refractivity contribution in [2.24, 2.45) is 23.7 Å². The van der Waals surface area contributed by atoms with Gasteiger partial charge in [0.25, 0.3) is 0 Å². The highest BCUT2D eigenvalue weighted by molar-refractivity contribution is 5.69. The number of unbranched alkanes of at least 4 members (excludes halogenated alkanes) is 1. The zero-order chi connectivity index (χ0) is 29.7. The second kappa shape index (κ2) is 17.7. The highest BCUT2D eigenvalue weighted by atomic mass is 16.7. The molecule has 4 rings (SSSR count). The van der Waals surface area contributed by atoms with Crippen LogP contribution in [0.25, 0.3) is 0 Å². The molecule has 4 aliphatic rings. The molecule has 2 aliphatic carbocycles. The van der Waals surface area contributed by atoms with Crippen molar-refractivity contribution < 1.29 is 28.5 Å². The summed E-state index contributed by atoms with van der Waals surface area (Å²) in [5.74, 6) is 2.05. The molecule has 0 N–H and O–H groups in total. The first kappa shape index (κ1) is 33.4. The Bertz CT molecular complexity index is 893. The number of hydrogen-bond donors (Lipinski definition) is 0. The van der Waals surface area contributed by atoms with E-state index < -0.39 is 0 Å². The molecule has 0 amide bonds. The summed E-state index contributed by atoms with van der Waals surface area (Å²) in [6.45, 7) is 8.33. The predicted molar refractivity (Wildman–Crippen MR) is 167 cm³/mol. The van der Waals surface area contributed by atoms with Crippen molar-refractivity contribution in [3.63, 3.8) is 0 Å². The number of ether oxygens (including phenoxy) is 5. The van der Waals surface area contributed by atoms with E-state index in [4.69, 9.17) is 23.7 Å². The van der Waals surface area contributed by atoms with Gasteiger partial charge >= 0.3 is 5.97 Å². The Morgan fingerprint density at radius 3 is 2.48 bits per heavy atom. The van der Waals surface area contributed by atoms with Gasteiger partial charge < -0.3 is 23.7 Å². The fraction of sp³-hybridized carbons (Fsp3) is 0.806. The van der Waals surface area contributed by atoms with Gasteiger partial charge in [-0.1, -0.05) is 42.4 Å². The highest BCUT2D eigenvalue weighted by Gasteiger charge is 2.47. The van der Waals surface area contributed by atoms with Crippen molar-refractivity contribution in [2.45, 2.75) is 142 Å². The molecule has 0 aromatic rings. The molecule has 0 aromatic carbocycles. The van der Waals surface area contributed by atoms with Gasteiger partial charge in [-0.2, -0.15) is 0 Å². The summed E-state index contributed by atoms with van der Waals surface area (Å²) >= 11 is 0. The standard InChI is InChI=1S/C36H58O6/c1-26(2)12-11-13-27(3)22-30(41-35-16-7-9-20-39-35)18-19-31-32-24-28(14-5-6-15-34(37)38-4)23-29(32)25-33(31)42-36-17-8-10-21-40-36/h12,14,18-19,27,29-33,35-36H,5-11,13,15-17,20-25H2,1-4H3/b19-18-,28-14+/t27-,29+,30-,31+,32+,33-,35?,36?/m1/s1. The van der Waals surface area contributed by atoms with E-state index in [2.05, 4.69) is 45.1 Å². The monoisotopic (exact) mass is 586 g/mol. The van der Waals surface area contributed by atoms with Crippen LogP contribution >= 0.6 is 0 Å². The Hall–Kier alpha value is -1.47. The quantitative estimate of drug-likeness (QED) is 0.109. The van der Waals surface area contributed by atoms with Gasteiger partial charge in [-0.3, -0.25) is 4.79 Å². The number of carbonyl (C=O) groups excluding carboxylic acids is 1. The van der Waals surface area contributed by atoms with Crippen molar-refractivity contribution in [3.8, 4) is 0 Å². The summed E-state index contributed by atoms with van der Waals surface area (Å²) in [6, 6.07) is 0. The Labute approximate surface area is 255 Å². The maximum Gasteiger partial charge on any atom is 0.305 e. The van der Waals surface area contributed by atoms with E-state index in [0.29, 0.717) is 30.1 Å². The molecule has 4 fully saturated rings. The molecule has 0 aromatic heterocycles. The molecule has 238 valence electrons. The van der Waals surface area contributed by atoms with E-state index in [9.17, 15) is 4.79 Å². The number of carbonyl (C=O) groups is 1. The molecule has 2 saturated heterocycles. The Kier molecular flexibility index (Phi) is 14.1. The van der Waals surface area contributed by atoms with Gasteiger partial charge in [-0.25, -0.2) is 0 Å².